The number of ether oxygens (including phenoxy) is 1. The highest BCUT2D eigenvalue weighted by molar-refractivity contribution is 5.91. The Morgan fingerprint density at radius 3 is 1.53 bits per heavy atom. The molecule has 0 saturated carbocycles. The van der Waals surface area contributed by atoms with Crippen LogP contribution in [0.3, 0.4) is 0 Å². The highest BCUT2D eigenvalue weighted by Gasteiger charge is 2.51. The van der Waals surface area contributed by atoms with Gasteiger partial charge in [0.25, 0.3) is 0 Å². The molecule has 0 unspecified atom stereocenters. The van der Waals surface area contributed by atoms with Crippen molar-refractivity contribution in [3.63, 3.8) is 0 Å². The van der Waals surface area contributed by atoms with Crippen LogP contribution in [0.15, 0.2) is 206 Å². The quantitative estimate of drug-likeness (QED) is 0.175. The number of hydrogen-bond acceptors (Lipinski definition) is 5. The average Bonchev–Trinajstić information content (AvgIpc) is 3.62. The number of aromatic nitrogens is 4. The van der Waals surface area contributed by atoms with Gasteiger partial charge in [0, 0.05) is 39.4 Å². The molecule has 5 nitrogen and oxygen atoms in total. The first kappa shape index (κ1) is 34.1. The summed E-state index contributed by atoms with van der Waals surface area (Å²) >= 11 is 0. The van der Waals surface area contributed by atoms with Crippen LogP contribution in [0.25, 0.3) is 78.4 Å². The van der Waals surface area contributed by atoms with Crippen molar-refractivity contribution in [2.45, 2.75) is 5.41 Å². The van der Waals surface area contributed by atoms with Crippen molar-refractivity contribution in [2.75, 3.05) is 0 Å². The molecule has 2 aromatic heterocycles. The van der Waals surface area contributed by atoms with E-state index in [4.69, 9.17) is 19.7 Å². The minimum Gasteiger partial charge on any atom is -0.457 e. The Balaban J connectivity index is 1.09. The molecule has 1 aliphatic carbocycles. The van der Waals surface area contributed by atoms with Gasteiger partial charge >= 0.3 is 0 Å². The van der Waals surface area contributed by atoms with E-state index in [0.717, 1.165) is 72.5 Å². The second-order valence-electron chi connectivity index (χ2n) is 15.4. The molecule has 0 N–H and O–H groups in total. The SMILES string of the molecule is c1ccc(-c2cccc(-c3nc(-c4ccccc4)nc(-c4ccc5c(c4)C4(c6cc(-c7ccc8cccnc8c7)ccc6O5)c5ccccc5-c5ccccc54)n3)c2)cc1. The predicted molar refractivity (Wildman–Crippen MR) is 240 cm³/mol. The first-order valence-corrected chi connectivity index (χ1v) is 20.2. The van der Waals surface area contributed by atoms with Crippen LogP contribution < -0.4 is 4.74 Å². The number of nitrogens with zero attached hydrogens (tertiary/aromatic N) is 4. The van der Waals surface area contributed by atoms with Crippen LogP contribution in [-0.2, 0) is 5.41 Å². The largest absolute Gasteiger partial charge is 0.457 e. The maximum Gasteiger partial charge on any atom is 0.164 e. The smallest absolute Gasteiger partial charge is 0.164 e. The second-order valence-corrected chi connectivity index (χ2v) is 15.4. The third-order valence-corrected chi connectivity index (χ3v) is 12.0. The Hall–Kier alpha value is -8.02. The van der Waals surface area contributed by atoms with Gasteiger partial charge in [-0.1, -0.05) is 152 Å². The number of pyridine rings is 1. The first-order valence-electron chi connectivity index (χ1n) is 20.2. The topological polar surface area (TPSA) is 60.8 Å². The van der Waals surface area contributed by atoms with Crippen LogP contribution in [0.2, 0.25) is 0 Å². The molecule has 0 bridgehead atoms. The third kappa shape index (κ3) is 5.33. The van der Waals surface area contributed by atoms with Gasteiger partial charge in [-0.25, -0.2) is 15.0 Å². The lowest BCUT2D eigenvalue weighted by Gasteiger charge is -2.40. The zero-order valence-electron chi connectivity index (χ0n) is 32.3. The standard InChI is InChI=1S/C55H34N4O/c1-3-13-35(14-4-1)38-17-11-18-41(31-38)53-57-52(37-15-5-2-6-16-37)58-54(59-53)42-27-29-51-48(33-42)55(45-22-9-7-20-43(45)44-21-8-10-23-46(44)55)47-32-39(26-28-50(47)60-51)40-25-24-36-19-12-30-56-49(36)34-40/h1-34H. The predicted octanol–water partition coefficient (Wildman–Crippen LogP) is 13.2. The van der Waals surface area contributed by atoms with E-state index in [9.17, 15) is 0 Å². The molecule has 0 radical (unpaired) electrons. The molecule has 10 aromatic rings. The molecule has 2 aliphatic rings. The monoisotopic (exact) mass is 766 g/mol. The fourth-order valence-electron chi connectivity index (χ4n) is 9.29. The summed E-state index contributed by atoms with van der Waals surface area (Å²) in [5, 5.41) is 1.11. The fourth-order valence-corrected chi connectivity index (χ4v) is 9.29. The van der Waals surface area contributed by atoms with E-state index in [0.29, 0.717) is 17.5 Å². The Bertz CT molecular complexity index is 3260. The van der Waals surface area contributed by atoms with Crippen LogP contribution >= 0.6 is 0 Å². The van der Waals surface area contributed by atoms with E-state index in [1.54, 1.807) is 0 Å². The number of hydrogen-bond donors (Lipinski definition) is 0. The van der Waals surface area contributed by atoms with Crippen molar-refractivity contribution in [1.29, 1.82) is 0 Å². The summed E-state index contributed by atoms with van der Waals surface area (Å²) in [7, 11) is 0. The molecule has 3 heterocycles. The van der Waals surface area contributed by atoms with Crippen LogP contribution in [0, 0.1) is 0 Å². The van der Waals surface area contributed by atoms with Crippen LogP contribution in [0.5, 0.6) is 11.5 Å². The van der Waals surface area contributed by atoms with Crippen molar-refractivity contribution in [3.05, 3.63) is 229 Å². The zero-order valence-corrected chi connectivity index (χ0v) is 32.3. The molecule has 60 heavy (non-hydrogen) atoms. The van der Waals surface area contributed by atoms with Gasteiger partial charge in [-0.05, 0) is 93.0 Å². The Morgan fingerprint density at radius 2 is 0.833 bits per heavy atom. The number of benzene rings is 8. The van der Waals surface area contributed by atoms with Crippen molar-refractivity contribution in [3.8, 4) is 79.0 Å². The van der Waals surface area contributed by atoms with Crippen molar-refractivity contribution in [1.82, 2.24) is 19.9 Å². The normalized spacial score (nSPS) is 12.9. The fraction of sp³-hybridized carbons (Fsp3) is 0.0182. The summed E-state index contributed by atoms with van der Waals surface area (Å²) in [6.07, 6.45) is 1.85. The minimum atomic E-state index is -0.695. The van der Waals surface area contributed by atoms with E-state index in [1.807, 2.05) is 48.7 Å². The third-order valence-electron chi connectivity index (χ3n) is 12.0. The Morgan fingerprint density at radius 1 is 0.333 bits per heavy atom. The molecule has 8 aromatic carbocycles. The van der Waals surface area contributed by atoms with E-state index >= 15 is 0 Å². The van der Waals surface area contributed by atoms with Gasteiger partial charge in [0.1, 0.15) is 11.5 Å². The lowest BCUT2D eigenvalue weighted by molar-refractivity contribution is 0.436. The van der Waals surface area contributed by atoms with Crippen molar-refractivity contribution in [2.24, 2.45) is 0 Å². The molecular weight excluding hydrogens is 733 g/mol. The summed E-state index contributed by atoms with van der Waals surface area (Å²) in [4.78, 5) is 20.2. The zero-order chi connectivity index (χ0) is 39.6. The molecule has 5 heteroatoms. The molecular formula is C55H34N4O. The average molecular weight is 767 g/mol. The summed E-state index contributed by atoms with van der Waals surface area (Å²) in [6, 6.07) is 70.2. The summed E-state index contributed by atoms with van der Waals surface area (Å²) in [6.45, 7) is 0. The summed E-state index contributed by atoms with van der Waals surface area (Å²) in [5.41, 5.74) is 14.4. The maximum absolute atomic E-state index is 6.92. The van der Waals surface area contributed by atoms with Crippen LogP contribution in [0.1, 0.15) is 22.3 Å². The highest BCUT2D eigenvalue weighted by Crippen LogP contribution is 2.62. The minimum absolute atomic E-state index is 0.588. The highest BCUT2D eigenvalue weighted by atomic mass is 16.5. The van der Waals surface area contributed by atoms with Gasteiger partial charge in [0.15, 0.2) is 17.5 Å². The van der Waals surface area contributed by atoms with Gasteiger partial charge in [0.2, 0.25) is 0 Å². The van der Waals surface area contributed by atoms with Gasteiger partial charge in [-0.3, -0.25) is 4.98 Å². The van der Waals surface area contributed by atoms with Gasteiger partial charge < -0.3 is 4.74 Å². The van der Waals surface area contributed by atoms with E-state index < -0.39 is 5.41 Å². The lowest BCUT2D eigenvalue weighted by atomic mass is 9.65. The first-order chi connectivity index (χ1) is 29.7. The van der Waals surface area contributed by atoms with Crippen LogP contribution in [-0.4, -0.2) is 19.9 Å². The number of fused-ring (bicyclic) bond motifs is 10. The summed E-state index contributed by atoms with van der Waals surface area (Å²) in [5.74, 6) is 3.44. The molecule has 0 saturated heterocycles. The molecule has 1 spiro atoms. The van der Waals surface area contributed by atoms with Gasteiger partial charge in [-0.2, -0.15) is 0 Å². The molecule has 0 fully saturated rings. The van der Waals surface area contributed by atoms with Gasteiger partial charge in [-0.15, -0.1) is 0 Å². The van der Waals surface area contributed by atoms with Crippen LogP contribution in [0.4, 0.5) is 0 Å². The maximum atomic E-state index is 6.92. The van der Waals surface area contributed by atoms with Crippen molar-refractivity contribution < 1.29 is 4.74 Å². The summed E-state index contributed by atoms with van der Waals surface area (Å²) < 4.78 is 6.92. The Labute approximate surface area is 347 Å². The van der Waals surface area contributed by atoms with E-state index in [-0.39, 0.29) is 0 Å². The van der Waals surface area contributed by atoms with Crippen molar-refractivity contribution >= 4 is 10.9 Å². The van der Waals surface area contributed by atoms with E-state index in [2.05, 4.69) is 163 Å². The molecule has 280 valence electrons. The number of rotatable bonds is 5. The lowest BCUT2D eigenvalue weighted by Crippen LogP contribution is -2.32. The molecule has 12 rings (SSSR count). The molecule has 0 amide bonds. The molecule has 0 atom stereocenters. The Kier molecular flexibility index (Phi) is 7.69. The molecule has 1 aliphatic heterocycles. The second kappa shape index (κ2) is 13.5. The van der Waals surface area contributed by atoms with E-state index in [1.165, 1.54) is 22.3 Å². The van der Waals surface area contributed by atoms with Gasteiger partial charge in [0.05, 0.1) is 10.9 Å².